The van der Waals surface area contributed by atoms with Crippen LogP contribution in [0.4, 0.5) is 4.79 Å². The second kappa shape index (κ2) is 8.23. The van der Waals surface area contributed by atoms with Gasteiger partial charge in [-0.15, -0.1) is 5.06 Å². The molecule has 0 radical (unpaired) electrons. The summed E-state index contributed by atoms with van der Waals surface area (Å²) in [6.45, 7) is 1.17. The van der Waals surface area contributed by atoms with Gasteiger partial charge in [-0.2, -0.15) is 0 Å². The van der Waals surface area contributed by atoms with E-state index in [1.54, 1.807) is 5.06 Å². The van der Waals surface area contributed by atoms with Gasteiger partial charge in [-0.3, -0.25) is 4.90 Å². The second-order valence-electron chi connectivity index (χ2n) is 6.88. The zero-order chi connectivity index (χ0) is 18.5. The molecule has 0 aliphatic carbocycles. The van der Waals surface area contributed by atoms with E-state index in [-0.39, 0.29) is 18.2 Å². The minimum atomic E-state index is -0.288. The van der Waals surface area contributed by atoms with E-state index in [2.05, 4.69) is 42.5 Å². The van der Waals surface area contributed by atoms with Crippen LogP contribution in [0.2, 0.25) is 0 Å². The highest BCUT2D eigenvalue weighted by atomic mass is 16.7. The largest absolute Gasteiger partial charge is 0.429 e. The zero-order valence-corrected chi connectivity index (χ0v) is 15.3. The fraction of sp³-hybridized carbons (Fsp3) is 0.261. The lowest BCUT2D eigenvalue weighted by molar-refractivity contribution is -0.140. The minimum Gasteiger partial charge on any atom is -0.350 e. The summed E-state index contributed by atoms with van der Waals surface area (Å²) in [7, 11) is 0. The number of hydrogen-bond acceptors (Lipinski definition) is 3. The van der Waals surface area contributed by atoms with Crippen molar-refractivity contribution >= 4 is 6.09 Å². The molecule has 0 bridgehead atoms. The topological polar surface area (TPSA) is 32.8 Å². The van der Waals surface area contributed by atoms with E-state index < -0.39 is 0 Å². The predicted octanol–water partition coefficient (Wildman–Crippen LogP) is 5.04. The molecule has 0 saturated carbocycles. The normalized spacial score (nSPS) is 22.6. The van der Waals surface area contributed by atoms with Crippen LogP contribution in [-0.4, -0.2) is 29.1 Å². The molecule has 4 nitrogen and oxygen atoms in total. The van der Waals surface area contributed by atoms with Gasteiger partial charge in [0.15, 0.2) is 0 Å². The van der Waals surface area contributed by atoms with Crippen LogP contribution < -0.4 is 0 Å². The number of rotatable bonds is 3. The van der Waals surface area contributed by atoms with Crippen LogP contribution >= 0.6 is 0 Å². The number of hydrogen-bond donors (Lipinski definition) is 0. The van der Waals surface area contributed by atoms with Crippen LogP contribution in [0.25, 0.3) is 0 Å². The third kappa shape index (κ3) is 3.96. The van der Waals surface area contributed by atoms with Gasteiger partial charge in [0.2, 0.25) is 0 Å². The van der Waals surface area contributed by atoms with Crippen molar-refractivity contribution in [2.24, 2.45) is 0 Å². The van der Waals surface area contributed by atoms with Gasteiger partial charge in [0.25, 0.3) is 0 Å². The van der Waals surface area contributed by atoms with E-state index in [9.17, 15) is 4.79 Å². The highest BCUT2D eigenvalue weighted by molar-refractivity contribution is 5.68. The average molecular weight is 360 g/mol. The van der Waals surface area contributed by atoms with Gasteiger partial charge in [-0.1, -0.05) is 85.0 Å². The molecule has 4 rings (SSSR count). The number of carbonyl (C=O) groups excluding carboxylic acids is 1. The van der Waals surface area contributed by atoms with Crippen LogP contribution in [0.3, 0.4) is 0 Å². The molecule has 2 aliphatic heterocycles. The van der Waals surface area contributed by atoms with E-state index in [0.717, 1.165) is 24.0 Å². The van der Waals surface area contributed by atoms with Crippen LogP contribution in [0.15, 0.2) is 85.0 Å². The maximum Gasteiger partial charge on any atom is 0.429 e. The first-order valence-electron chi connectivity index (χ1n) is 9.48. The minimum absolute atomic E-state index is 0.0132. The molecule has 0 fully saturated rings. The summed E-state index contributed by atoms with van der Waals surface area (Å²) in [4.78, 5) is 20.7. The van der Waals surface area contributed by atoms with Crippen LogP contribution in [0, 0.1) is 0 Å². The second-order valence-corrected chi connectivity index (χ2v) is 6.88. The lowest BCUT2D eigenvalue weighted by atomic mass is 10.00. The Bertz CT molecular complexity index is 817. The first-order valence-corrected chi connectivity index (χ1v) is 9.48. The molecule has 138 valence electrons. The summed E-state index contributed by atoms with van der Waals surface area (Å²) >= 11 is 0. The Labute approximate surface area is 160 Å². The van der Waals surface area contributed by atoms with Gasteiger partial charge in [0.05, 0.1) is 18.6 Å². The Kier molecular flexibility index (Phi) is 5.35. The number of carbonyl (C=O) groups is 1. The summed E-state index contributed by atoms with van der Waals surface area (Å²) < 4.78 is 0. The summed E-state index contributed by atoms with van der Waals surface area (Å²) in [6.07, 6.45) is 9.73. The van der Waals surface area contributed by atoms with Crippen molar-refractivity contribution in [2.75, 3.05) is 13.1 Å². The third-order valence-corrected chi connectivity index (χ3v) is 5.16. The highest BCUT2D eigenvalue weighted by Gasteiger charge is 2.31. The van der Waals surface area contributed by atoms with E-state index in [1.807, 2.05) is 47.4 Å². The molecule has 2 atom stereocenters. The maximum atomic E-state index is 13.0. The SMILES string of the molecule is O=C(ON1CC=CCC1c1ccccc1)N1CC=CCC1c1ccccc1. The molecule has 0 aromatic heterocycles. The van der Waals surface area contributed by atoms with Crippen molar-refractivity contribution in [3.63, 3.8) is 0 Å². The molecular weight excluding hydrogens is 336 g/mol. The summed E-state index contributed by atoms with van der Waals surface area (Å²) in [5.74, 6) is 0. The zero-order valence-electron chi connectivity index (χ0n) is 15.3. The monoisotopic (exact) mass is 360 g/mol. The van der Waals surface area contributed by atoms with Gasteiger partial charge >= 0.3 is 6.09 Å². The van der Waals surface area contributed by atoms with E-state index in [1.165, 1.54) is 0 Å². The molecule has 2 heterocycles. The van der Waals surface area contributed by atoms with Crippen molar-refractivity contribution in [1.29, 1.82) is 0 Å². The molecule has 0 spiro atoms. The molecule has 2 unspecified atom stereocenters. The number of nitrogens with zero attached hydrogens (tertiary/aromatic N) is 2. The Morgan fingerprint density at radius 3 is 1.96 bits per heavy atom. The van der Waals surface area contributed by atoms with Gasteiger partial charge in [-0.25, -0.2) is 4.79 Å². The van der Waals surface area contributed by atoms with Crippen molar-refractivity contribution in [1.82, 2.24) is 9.96 Å². The first-order chi connectivity index (χ1) is 13.3. The molecule has 2 aromatic carbocycles. The Balaban J connectivity index is 1.51. The van der Waals surface area contributed by atoms with Gasteiger partial charge < -0.3 is 4.84 Å². The molecule has 2 aromatic rings. The van der Waals surface area contributed by atoms with E-state index >= 15 is 0 Å². The molecular formula is C23H24N2O2. The number of amides is 1. The fourth-order valence-corrected chi connectivity index (χ4v) is 3.74. The Hall–Kier alpha value is -2.85. The highest BCUT2D eigenvalue weighted by Crippen LogP contribution is 2.31. The van der Waals surface area contributed by atoms with Crippen molar-refractivity contribution in [2.45, 2.75) is 24.9 Å². The Morgan fingerprint density at radius 2 is 1.30 bits per heavy atom. The van der Waals surface area contributed by atoms with Gasteiger partial charge in [0, 0.05) is 6.54 Å². The maximum absolute atomic E-state index is 13.0. The molecule has 1 amide bonds. The smallest absolute Gasteiger partial charge is 0.350 e. The van der Waals surface area contributed by atoms with Gasteiger partial charge in [0.1, 0.15) is 0 Å². The van der Waals surface area contributed by atoms with Crippen LogP contribution in [0.1, 0.15) is 36.1 Å². The molecule has 0 N–H and O–H groups in total. The van der Waals surface area contributed by atoms with Gasteiger partial charge in [-0.05, 0) is 24.0 Å². The fourth-order valence-electron chi connectivity index (χ4n) is 3.74. The van der Waals surface area contributed by atoms with Crippen LogP contribution in [-0.2, 0) is 4.84 Å². The van der Waals surface area contributed by atoms with E-state index in [4.69, 9.17) is 4.84 Å². The lowest BCUT2D eigenvalue weighted by Gasteiger charge is -2.36. The van der Waals surface area contributed by atoms with Crippen molar-refractivity contribution in [3.8, 4) is 0 Å². The van der Waals surface area contributed by atoms with Crippen molar-refractivity contribution in [3.05, 3.63) is 96.1 Å². The summed E-state index contributed by atoms with van der Waals surface area (Å²) in [5, 5.41) is 1.80. The lowest BCUT2D eigenvalue weighted by Crippen LogP contribution is -2.42. The van der Waals surface area contributed by atoms with E-state index in [0.29, 0.717) is 13.1 Å². The summed E-state index contributed by atoms with van der Waals surface area (Å²) in [6, 6.07) is 20.4. The third-order valence-electron chi connectivity index (χ3n) is 5.16. The quantitative estimate of drug-likeness (QED) is 0.719. The average Bonchev–Trinajstić information content (AvgIpc) is 2.75. The first kappa shape index (κ1) is 17.6. The standard InChI is InChI=1S/C23H24N2O2/c26-23(24-17-9-7-15-21(24)19-11-3-1-4-12-19)27-25-18-10-8-16-22(25)20-13-5-2-6-14-20/h1-14,21-22H,15-18H2. The summed E-state index contributed by atoms with van der Waals surface area (Å²) in [5.41, 5.74) is 2.30. The Morgan fingerprint density at radius 1 is 0.741 bits per heavy atom. The molecule has 4 heteroatoms. The molecule has 27 heavy (non-hydrogen) atoms. The predicted molar refractivity (Wildman–Crippen MR) is 106 cm³/mol. The molecule has 2 aliphatic rings. The number of hydroxylamine groups is 2. The van der Waals surface area contributed by atoms with Crippen molar-refractivity contribution < 1.29 is 9.63 Å². The number of benzene rings is 2. The van der Waals surface area contributed by atoms with Crippen LogP contribution in [0.5, 0.6) is 0 Å². The molecule has 0 saturated heterocycles.